The van der Waals surface area contributed by atoms with Gasteiger partial charge >= 0.3 is 0 Å². The first-order valence-electron chi connectivity index (χ1n) is 7.31. The number of rotatable bonds is 3. The summed E-state index contributed by atoms with van der Waals surface area (Å²) in [6.45, 7) is 4.61. The van der Waals surface area contributed by atoms with Crippen molar-refractivity contribution in [3.63, 3.8) is 0 Å². The van der Waals surface area contributed by atoms with E-state index in [-0.39, 0.29) is 5.75 Å². The monoisotopic (exact) mass is 335 g/mol. The van der Waals surface area contributed by atoms with Crippen molar-refractivity contribution in [2.24, 2.45) is 0 Å². The fourth-order valence-electron chi connectivity index (χ4n) is 2.73. The molecule has 115 valence electrons. The molecule has 1 aliphatic rings. The van der Waals surface area contributed by atoms with Crippen molar-refractivity contribution in [1.29, 1.82) is 0 Å². The zero-order chi connectivity index (χ0) is 15.5. The Bertz CT molecular complexity index is 638. The standard InChI is InChI=1S/C17H17Cl2N2O/c18-16-3-1-2-13(17(16)19)12-20-8-10-21(11-9-20)14-4-6-15(22)7-5-14/h1-7H,8-12H2. The third-order valence-corrected chi connectivity index (χ3v) is 4.86. The van der Waals surface area contributed by atoms with Gasteiger partial charge in [-0.25, -0.2) is 0 Å². The molecule has 0 saturated carbocycles. The molecule has 1 radical (unpaired) electrons. The highest BCUT2D eigenvalue weighted by Gasteiger charge is 2.18. The van der Waals surface area contributed by atoms with Crippen molar-refractivity contribution in [2.75, 3.05) is 31.1 Å². The molecular weight excluding hydrogens is 319 g/mol. The smallest absolute Gasteiger partial charge is 0.178 e. The van der Waals surface area contributed by atoms with Gasteiger partial charge in [-0.15, -0.1) is 0 Å². The largest absolute Gasteiger partial charge is 0.369 e. The second-order valence-electron chi connectivity index (χ2n) is 5.47. The van der Waals surface area contributed by atoms with Gasteiger partial charge in [0.1, 0.15) is 0 Å². The van der Waals surface area contributed by atoms with Crippen LogP contribution in [0.4, 0.5) is 5.69 Å². The highest BCUT2D eigenvalue weighted by atomic mass is 35.5. The van der Waals surface area contributed by atoms with E-state index in [0.29, 0.717) is 10.0 Å². The number of halogens is 2. The highest BCUT2D eigenvalue weighted by molar-refractivity contribution is 6.42. The summed E-state index contributed by atoms with van der Waals surface area (Å²) >= 11 is 12.3. The Hall–Kier alpha value is -1.42. The Kier molecular flexibility index (Phi) is 4.77. The SMILES string of the molecule is [O]c1ccc(N2CCN(Cc3cccc(Cl)c3Cl)CC2)cc1. The molecule has 2 aromatic rings. The molecule has 1 saturated heterocycles. The maximum atomic E-state index is 11.2. The fraction of sp³-hybridized carbons (Fsp3) is 0.294. The fourth-order valence-corrected chi connectivity index (χ4v) is 3.11. The molecule has 0 aliphatic carbocycles. The molecule has 1 heterocycles. The predicted molar refractivity (Wildman–Crippen MR) is 90.5 cm³/mol. The summed E-state index contributed by atoms with van der Waals surface area (Å²) < 4.78 is 0. The number of piperazine rings is 1. The minimum Gasteiger partial charge on any atom is -0.369 e. The third kappa shape index (κ3) is 3.49. The topological polar surface area (TPSA) is 26.4 Å². The van der Waals surface area contributed by atoms with Gasteiger partial charge in [0.05, 0.1) is 10.0 Å². The summed E-state index contributed by atoms with van der Waals surface area (Å²) in [7, 11) is 0. The van der Waals surface area contributed by atoms with E-state index >= 15 is 0 Å². The average molecular weight is 336 g/mol. The first-order chi connectivity index (χ1) is 10.6. The van der Waals surface area contributed by atoms with Gasteiger partial charge in [0.2, 0.25) is 0 Å². The lowest BCUT2D eigenvalue weighted by atomic mass is 10.2. The van der Waals surface area contributed by atoms with Crippen LogP contribution in [0.2, 0.25) is 10.0 Å². The molecule has 1 fully saturated rings. The second kappa shape index (κ2) is 6.78. The van der Waals surface area contributed by atoms with Crippen LogP contribution in [-0.4, -0.2) is 31.1 Å². The lowest BCUT2D eigenvalue weighted by Gasteiger charge is -2.36. The van der Waals surface area contributed by atoms with Gasteiger partial charge in [-0.1, -0.05) is 35.3 Å². The zero-order valence-corrected chi connectivity index (χ0v) is 13.6. The van der Waals surface area contributed by atoms with Crippen LogP contribution in [-0.2, 0) is 11.7 Å². The summed E-state index contributed by atoms with van der Waals surface area (Å²) in [4.78, 5) is 4.67. The van der Waals surface area contributed by atoms with E-state index in [9.17, 15) is 5.11 Å². The van der Waals surface area contributed by atoms with Crippen molar-refractivity contribution < 1.29 is 5.11 Å². The Labute approximate surface area is 140 Å². The normalized spacial score (nSPS) is 16.0. The molecule has 0 unspecified atom stereocenters. The third-order valence-electron chi connectivity index (χ3n) is 4.00. The summed E-state index contributed by atoms with van der Waals surface area (Å²) in [5.74, 6) is 0.0537. The van der Waals surface area contributed by atoms with Crippen LogP contribution < -0.4 is 4.90 Å². The van der Waals surface area contributed by atoms with Crippen molar-refractivity contribution in [3.8, 4) is 5.75 Å². The Morgan fingerprint density at radius 3 is 2.27 bits per heavy atom. The van der Waals surface area contributed by atoms with Crippen molar-refractivity contribution in [1.82, 2.24) is 4.90 Å². The minimum absolute atomic E-state index is 0.0537. The zero-order valence-electron chi connectivity index (χ0n) is 12.1. The number of nitrogens with zero attached hydrogens (tertiary/aromatic N) is 2. The molecule has 3 rings (SSSR count). The van der Waals surface area contributed by atoms with Gasteiger partial charge in [0.25, 0.3) is 0 Å². The molecule has 0 bridgehead atoms. The van der Waals surface area contributed by atoms with Gasteiger partial charge in [0.15, 0.2) is 5.75 Å². The molecule has 0 atom stereocenters. The van der Waals surface area contributed by atoms with E-state index in [2.05, 4.69) is 9.80 Å². The Morgan fingerprint density at radius 1 is 0.909 bits per heavy atom. The molecule has 0 spiro atoms. The molecule has 1 aliphatic heterocycles. The van der Waals surface area contributed by atoms with E-state index in [4.69, 9.17) is 23.2 Å². The van der Waals surface area contributed by atoms with Crippen LogP contribution in [0.15, 0.2) is 42.5 Å². The van der Waals surface area contributed by atoms with E-state index in [1.165, 1.54) is 0 Å². The van der Waals surface area contributed by atoms with Crippen molar-refractivity contribution in [3.05, 3.63) is 58.1 Å². The van der Waals surface area contributed by atoms with Crippen LogP contribution in [0.3, 0.4) is 0 Å². The van der Waals surface area contributed by atoms with Crippen molar-refractivity contribution >= 4 is 28.9 Å². The summed E-state index contributed by atoms with van der Waals surface area (Å²) in [5.41, 5.74) is 2.18. The Balaban J connectivity index is 1.60. The number of hydrogen-bond acceptors (Lipinski definition) is 2. The van der Waals surface area contributed by atoms with Gasteiger partial charge in [-0.2, -0.15) is 0 Å². The highest BCUT2D eigenvalue weighted by Crippen LogP contribution is 2.27. The maximum Gasteiger partial charge on any atom is 0.178 e. The van der Waals surface area contributed by atoms with Crippen molar-refractivity contribution in [2.45, 2.75) is 6.54 Å². The van der Waals surface area contributed by atoms with Crippen LogP contribution in [0.1, 0.15) is 5.56 Å². The lowest BCUT2D eigenvalue weighted by molar-refractivity contribution is 0.250. The predicted octanol–water partition coefficient (Wildman–Crippen LogP) is 4.46. The summed E-state index contributed by atoms with van der Waals surface area (Å²) in [5, 5.41) is 12.4. The molecule has 5 heteroatoms. The van der Waals surface area contributed by atoms with Gasteiger partial charge < -0.3 is 4.90 Å². The summed E-state index contributed by atoms with van der Waals surface area (Å²) in [6, 6.07) is 12.8. The molecule has 0 amide bonds. The Morgan fingerprint density at radius 2 is 1.59 bits per heavy atom. The minimum atomic E-state index is 0.0537. The van der Waals surface area contributed by atoms with Gasteiger partial charge in [0, 0.05) is 38.4 Å². The average Bonchev–Trinajstić information content (AvgIpc) is 2.53. The molecule has 0 N–H and O–H groups in total. The van der Waals surface area contributed by atoms with Gasteiger partial charge in [-0.05, 0) is 35.9 Å². The molecule has 22 heavy (non-hydrogen) atoms. The molecule has 0 aromatic heterocycles. The first-order valence-corrected chi connectivity index (χ1v) is 8.06. The number of benzene rings is 2. The maximum absolute atomic E-state index is 11.2. The quantitative estimate of drug-likeness (QED) is 0.827. The van der Waals surface area contributed by atoms with E-state index in [1.807, 2.05) is 30.3 Å². The van der Waals surface area contributed by atoms with Crippen LogP contribution in [0.25, 0.3) is 0 Å². The van der Waals surface area contributed by atoms with Crippen LogP contribution in [0, 0.1) is 0 Å². The van der Waals surface area contributed by atoms with E-state index in [1.54, 1.807) is 12.1 Å². The number of anilines is 1. The molecule has 3 nitrogen and oxygen atoms in total. The van der Waals surface area contributed by atoms with Gasteiger partial charge in [-0.3, -0.25) is 10.0 Å². The molecular formula is C17H17Cl2N2O. The molecule has 2 aromatic carbocycles. The lowest BCUT2D eigenvalue weighted by Crippen LogP contribution is -2.46. The second-order valence-corrected chi connectivity index (χ2v) is 6.26. The van der Waals surface area contributed by atoms with E-state index < -0.39 is 0 Å². The number of hydrogen-bond donors (Lipinski definition) is 0. The van der Waals surface area contributed by atoms with Crippen LogP contribution in [0.5, 0.6) is 5.75 Å². The summed E-state index contributed by atoms with van der Waals surface area (Å²) in [6.07, 6.45) is 0. The van der Waals surface area contributed by atoms with E-state index in [0.717, 1.165) is 44.0 Å². The van der Waals surface area contributed by atoms with Crippen LogP contribution >= 0.6 is 23.2 Å². The first kappa shape index (κ1) is 15.5.